The second kappa shape index (κ2) is 6.47. The Morgan fingerprint density at radius 3 is 2.83 bits per heavy atom. The van der Waals surface area contributed by atoms with Gasteiger partial charge in [-0.25, -0.2) is 4.79 Å². The molecule has 0 atom stereocenters. The van der Waals surface area contributed by atoms with Crippen LogP contribution in [0, 0.1) is 13.8 Å². The molecule has 2 amide bonds. The number of rotatable bonds is 5. The number of fused-ring (bicyclic) bond motifs is 1. The number of aromatic nitrogens is 5. The number of carbonyl (C=O) groups excluding carboxylic acids is 1. The molecule has 23 heavy (non-hydrogen) atoms. The zero-order chi connectivity index (χ0) is 16.2. The van der Waals surface area contributed by atoms with Crippen molar-refractivity contribution in [3.63, 3.8) is 0 Å². The molecule has 0 bridgehead atoms. The van der Waals surface area contributed by atoms with E-state index in [9.17, 15) is 4.79 Å². The van der Waals surface area contributed by atoms with Crippen molar-refractivity contribution in [2.45, 2.75) is 26.8 Å². The summed E-state index contributed by atoms with van der Waals surface area (Å²) in [5.41, 5.74) is 4.31. The quantitative estimate of drug-likeness (QED) is 0.627. The molecule has 3 aromatic rings. The zero-order valence-electron chi connectivity index (χ0n) is 13.1. The number of nitrogens with one attached hydrogen (secondary N) is 3. The Labute approximate surface area is 133 Å². The minimum Gasteiger partial charge on any atom is -0.338 e. The van der Waals surface area contributed by atoms with Crippen LogP contribution < -0.4 is 10.6 Å². The fourth-order valence-corrected chi connectivity index (χ4v) is 2.43. The van der Waals surface area contributed by atoms with Crippen LogP contribution in [0.4, 0.5) is 10.5 Å². The highest BCUT2D eigenvalue weighted by Crippen LogP contribution is 2.14. The van der Waals surface area contributed by atoms with Crippen molar-refractivity contribution in [1.82, 2.24) is 30.5 Å². The molecule has 8 nitrogen and oxygen atoms in total. The first-order valence-corrected chi connectivity index (χ1v) is 7.48. The third-order valence-electron chi connectivity index (χ3n) is 3.51. The Balaban J connectivity index is 1.45. The molecule has 3 rings (SSSR count). The number of H-pyrrole nitrogens is 1. The van der Waals surface area contributed by atoms with Crippen LogP contribution in [0.5, 0.6) is 0 Å². The summed E-state index contributed by atoms with van der Waals surface area (Å²) >= 11 is 0. The SMILES string of the molecule is Cc1cc(C)n(CCCNC(=O)Nc2ccc3n[nH]nc3c2)n1. The highest BCUT2D eigenvalue weighted by Gasteiger charge is 2.05. The van der Waals surface area contributed by atoms with Crippen LogP contribution in [0.15, 0.2) is 24.3 Å². The van der Waals surface area contributed by atoms with Gasteiger partial charge in [-0.05, 0) is 44.5 Å². The van der Waals surface area contributed by atoms with Gasteiger partial charge in [0.25, 0.3) is 0 Å². The van der Waals surface area contributed by atoms with E-state index in [0.717, 1.165) is 29.9 Å². The molecule has 0 aliphatic heterocycles. The number of carbonyl (C=O) groups is 1. The van der Waals surface area contributed by atoms with E-state index in [-0.39, 0.29) is 6.03 Å². The first-order valence-electron chi connectivity index (χ1n) is 7.48. The average molecular weight is 313 g/mol. The van der Waals surface area contributed by atoms with E-state index in [1.165, 1.54) is 0 Å². The summed E-state index contributed by atoms with van der Waals surface area (Å²) in [5.74, 6) is 0. The molecule has 0 aliphatic rings. The molecule has 0 saturated carbocycles. The molecule has 2 heterocycles. The molecule has 0 radical (unpaired) electrons. The Kier molecular flexibility index (Phi) is 4.22. The van der Waals surface area contributed by atoms with Crippen LogP contribution in [0.3, 0.4) is 0 Å². The molecular weight excluding hydrogens is 294 g/mol. The molecule has 0 saturated heterocycles. The van der Waals surface area contributed by atoms with Crippen molar-refractivity contribution in [2.75, 3.05) is 11.9 Å². The van der Waals surface area contributed by atoms with Crippen molar-refractivity contribution in [3.05, 3.63) is 35.7 Å². The summed E-state index contributed by atoms with van der Waals surface area (Å²) < 4.78 is 1.95. The highest BCUT2D eigenvalue weighted by atomic mass is 16.2. The van der Waals surface area contributed by atoms with Crippen LogP contribution in [0.25, 0.3) is 11.0 Å². The molecule has 3 N–H and O–H groups in total. The van der Waals surface area contributed by atoms with Crippen LogP contribution in [0.1, 0.15) is 17.8 Å². The van der Waals surface area contributed by atoms with E-state index >= 15 is 0 Å². The standard InChI is InChI=1S/C15H19N7O/c1-10-8-11(2)22(20-10)7-3-6-16-15(23)17-12-4-5-13-14(9-12)19-21-18-13/h4-5,8-9H,3,6-7H2,1-2H3,(H2,16,17,23)(H,18,19,21). The van der Waals surface area contributed by atoms with E-state index in [0.29, 0.717) is 17.7 Å². The number of benzene rings is 1. The second-order valence-corrected chi connectivity index (χ2v) is 5.41. The lowest BCUT2D eigenvalue weighted by Gasteiger charge is -2.08. The van der Waals surface area contributed by atoms with Crippen molar-refractivity contribution in [2.24, 2.45) is 0 Å². The topological polar surface area (TPSA) is 101 Å². The number of hydrogen-bond acceptors (Lipinski definition) is 4. The molecule has 0 aliphatic carbocycles. The third kappa shape index (κ3) is 3.65. The van der Waals surface area contributed by atoms with Crippen molar-refractivity contribution < 1.29 is 4.79 Å². The summed E-state index contributed by atoms with van der Waals surface area (Å²) in [5, 5.41) is 20.5. The molecule has 120 valence electrons. The second-order valence-electron chi connectivity index (χ2n) is 5.41. The third-order valence-corrected chi connectivity index (χ3v) is 3.51. The van der Waals surface area contributed by atoms with Gasteiger partial charge < -0.3 is 10.6 Å². The summed E-state index contributed by atoms with van der Waals surface area (Å²) in [6, 6.07) is 7.17. The number of aryl methyl sites for hydroxylation is 3. The Hall–Kier alpha value is -2.90. The van der Waals surface area contributed by atoms with Crippen LogP contribution in [-0.2, 0) is 6.54 Å². The van der Waals surface area contributed by atoms with E-state index < -0.39 is 0 Å². The number of aromatic amines is 1. The van der Waals surface area contributed by atoms with Gasteiger partial charge in [-0.3, -0.25) is 4.68 Å². The van der Waals surface area contributed by atoms with Gasteiger partial charge in [-0.1, -0.05) is 0 Å². The molecule has 0 spiro atoms. The Morgan fingerprint density at radius 1 is 1.22 bits per heavy atom. The maximum atomic E-state index is 11.9. The summed E-state index contributed by atoms with van der Waals surface area (Å²) in [6.45, 7) is 5.36. The van der Waals surface area contributed by atoms with Gasteiger partial charge in [0.05, 0.1) is 5.69 Å². The largest absolute Gasteiger partial charge is 0.338 e. The zero-order valence-corrected chi connectivity index (χ0v) is 13.1. The van der Waals surface area contributed by atoms with Crippen molar-refractivity contribution in [3.8, 4) is 0 Å². The van der Waals surface area contributed by atoms with Gasteiger partial charge in [0.15, 0.2) is 0 Å². The number of nitrogens with zero attached hydrogens (tertiary/aromatic N) is 4. The number of anilines is 1. The number of amides is 2. The van der Waals surface area contributed by atoms with E-state index in [1.54, 1.807) is 18.2 Å². The van der Waals surface area contributed by atoms with Crippen molar-refractivity contribution in [1.29, 1.82) is 0 Å². The van der Waals surface area contributed by atoms with Gasteiger partial charge in [-0.15, -0.1) is 0 Å². The Bertz CT molecular complexity index is 820. The molecule has 8 heteroatoms. The van der Waals surface area contributed by atoms with Crippen LogP contribution in [0.2, 0.25) is 0 Å². The van der Waals surface area contributed by atoms with E-state index in [4.69, 9.17) is 0 Å². The van der Waals surface area contributed by atoms with Crippen molar-refractivity contribution >= 4 is 22.8 Å². The number of urea groups is 1. The lowest BCUT2D eigenvalue weighted by molar-refractivity contribution is 0.251. The smallest absolute Gasteiger partial charge is 0.319 e. The first-order chi connectivity index (χ1) is 11.1. The summed E-state index contributed by atoms with van der Waals surface area (Å²) in [4.78, 5) is 11.9. The fraction of sp³-hybridized carbons (Fsp3) is 0.333. The molecule has 1 aromatic carbocycles. The van der Waals surface area contributed by atoms with Crippen LogP contribution in [-0.4, -0.2) is 37.8 Å². The van der Waals surface area contributed by atoms with Gasteiger partial charge in [0, 0.05) is 24.5 Å². The molecular formula is C15H19N7O. The molecule has 2 aromatic heterocycles. The van der Waals surface area contributed by atoms with Gasteiger partial charge in [-0.2, -0.15) is 20.5 Å². The predicted molar refractivity (Wildman–Crippen MR) is 87.2 cm³/mol. The highest BCUT2D eigenvalue weighted by molar-refractivity contribution is 5.91. The summed E-state index contributed by atoms with van der Waals surface area (Å²) in [6.07, 6.45) is 0.817. The lowest BCUT2D eigenvalue weighted by atomic mass is 10.3. The molecule has 0 fully saturated rings. The Morgan fingerprint density at radius 2 is 2.04 bits per heavy atom. The van der Waals surface area contributed by atoms with E-state index in [2.05, 4.69) is 31.1 Å². The monoisotopic (exact) mass is 313 g/mol. The van der Waals surface area contributed by atoms with Crippen LogP contribution >= 0.6 is 0 Å². The number of hydrogen-bond donors (Lipinski definition) is 3. The molecule has 0 unspecified atom stereocenters. The predicted octanol–water partition coefficient (Wildman–Crippen LogP) is 1.98. The maximum absolute atomic E-state index is 11.9. The minimum atomic E-state index is -0.235. The normalized spacial score (nSPS) is 10.9. The lowest BCUT2D eigenvalue weighted by Crippen LogP contribution is -2.30. The average Bonchev–Trinajstić information content (AvgIpc) is 3.09. The minimum absolute atomic E-state index is 0.235. The van der Waals surface area contributed by atoms with Gasteiger partial charge >= 0.3 is 6.03 Å². The van der Waals surface area contributed by atoms with Gasteiger partial charge in [0.2, 0.25) is 0 Å². The summed E-state index contributed by atoms with van der Waals surface area (Å²) in [7, 11) is 0. The van der Waals surface area contributed by atoms with E-state index in [1.807, 2.05) is 24.6 Å². The first kappa shape index (κ1) is 15.0. The van der Waals surface area contributed by atoms with Gasteiger partial charge in [0.1, 0.15) is 11.0 Å². The fourth-order valence-electron chi connectivity index (χ4n) is 2.43. The maximum Gasteiger partial charge on any atom is 0.319 e.